The van der Waals surface area contributed by atoms with Crippen molar-refractivity contribution >= 4 is 29.0 Å². The lowest BCUT2D eigenvalue weighted by Gasteiger charge is -2.12. The Hall–Kier alpha value is -3.25. The van der Waals surface area contributed by atoms with Gasteiger partial charge < -0.3 is 9.30 Å². The van der Waals surface area contributed by atoms with Gasteiger partial charge >= 0.3 is 0 Å². The van der Waals surface area contributed by atoms with E-state index in [1.807, 2.05) is 78.5 Å². The number of amides is 2. The van der Waals surface area contributed by atoms with Crippen LogP contribution in [0.5, 0.6) is 5.75 Å². The van der Waals surface area contributed by atoms with E-state index in [2.05, 4.69) is 0 Å². The van der Waals surface area contributed by atoms with Crippen LogP contribution in [-0.2, 0) is 11.3 Å². The summed E-state index contributed by atoms with van der Waals surface area (Å²) in [6.07, 6.45) is 5.61. The number of nitrogens with zero attached hydrogens (tertiary/aromatic N) is 2. The molecule has 3 aromatic rings. The number of hydrogen-bond acceptors (Lipinski definition) is 4. The third-order valence-corrected chi connectivity index (χ3v) is 5.63. The number of thioether (sulfide) groups is 1. The lowest BCUT2D eigenvalue weighted by Crippen LogP contribution is -2.27. The number of rotatable bonds is 5. The molecule has 0 aliphatic carbocycles. The highest BCUT2D eigenvalue weighted by Crippen LogP contribution is 2.33. The van der Waals surface area contributed by atoms with Gasteiger partial charge in [-0.3, -0.25) is 14.5 Å². The van der Waals surface area contributed by atoms with Crippen LogP contribution in [0, 0.1) is 6.92 Å². The molecule has 1 aliphatic heterocycles. The van der Waals surface area contributed by atoms with E-state index in [0.29, 0.717) is 4.91 Å². The molecule has 146 valence electrons. The van der Waals surface area contributed by atoms with Crippen LogP contribution in [0.4, 0.5) is 4.79 Å². The van der Waals surface area contributed by atoms with E-state index < -0.39 is 0 Å². The number of ether oxygens (including phenoxy) is 1. The van der Waals surface area contributed by atoms with Crippen LogP contribution in [0.25, 0.3) is 11.8 Å². The van der Waals surface area contributed by atoms with Gasteiger partial charge in [-0.15, -0.1) is 0 Å². The summed E-state index contributed by atoms with van der Waals surface area (Å²) in [5.41, 5.74) is 3.92. The van der Waals surface area contributed by atoms with Gasteiger partial charge in [0.1, 0.15) is 5.75 Å². The quantitative estimate of drug-likeness (QED) is 0.560. The first-order valence-corrected chi connectivity index (χ1v) is 9.98. The van der Waals surface area contributed by atoms with Crippen LogP contribution in [0.15, 0.2) is 71.9 Å². The Kier molecular flexibility index (Phi) is 5.27. The zero-order valence-corrected chi connectivity index (χ0v) is 17.0. The zero-order chi connectivity index (χ0) is 20.4. The highest BCUT2D eigenvalue weighted by Gasteiger charge is 2.34. The maximum Gasteiger partial charge on any atom is 0.293 e. The molecule has 0 saturated carbocycles. The number of imide groups is 1. The normalized spacial score (nSPS) is 15.4. The monoisotopic (exact) mass is 404 g/mol. The average molecular weight is 404 g/mol. The van der Waals surface area contributed by atoms with Crippen LogP contribution >= 0.6 is 11.8 Å². The van der Waals surface area contributed by atoms with Gasteiger partial charge in [0, 0.05) is 18.1 Å². The van der Waals surface area contributed by atoms with Gasteiger partial charge in [-0.2, -0.15) is 0 Å². The van der Waals surface area contributed by atoms with Gasteiger partial charge in [0.15, 0.2) is 0 Å². The van der Waals surface area contributed by atoms with Crippen LogP contribution in [0.2, 0.25) is 0 Å². The minimum Gasteiger partial charge on any atom is -0.497 e. The molecule has 4 rings (SSSR count). The van der Waals surface area contributed by atoms with Crippen molar-refractivity contribution < 1.29 is 14.3 Å². The molecule has 1 aromatic heterocycles. The van der Waals surface area contributed by atoms with Gasteiger partial charge in [0.05, 0.1) is 18.6 Å². The Morgan fingerprint density at radius 2 is 1.72 bits per heavy atom. The number of aromatic nitrogens is 1. The largest absolute Gasteiger partial charge is 0.497 e. The second kappa shape index (κ2) is 8.01. The third kappa shape index (κ3) is 4.12. The standard InChI is InChI=1S/C23H20N2O3S/c1-16-3-5-17(6-4-16)15-25-22(26)21(29-23(25)27)13-18-11-12-24(14-18)19-7-9-20(28-2)10-8-19/h3-14H,15H2,1-2H3/b21-13+. The molecule has 2 aromatic carbocycles. The van der Waals surface area contributed by atoms with Crippen molar-refractivity contribution in [1.29, 1.82) is 0 Å². The van der Waals surface area contributed by atoms with Crippen LogP contribution in [-0.4, -0.2) is 27.7 Å². The van der Waals surface area contributed by atoms with E-state index in [1.165, 1.54) is 4.90 Å². The Labute approximate surface area is 173 Å². The first-order valence-electron chi connectivity index (χ1n) is 9.17. The SMILES string of the molecule is COc1ccc(-n2ccc(/C=C3/SC(=O)N(Cc4ccc(C)cc4)C3=O)c2)cc1. The summed E-state index contributed by atoms with van der Waals surface area (Å²) >= 11 is 0.982. The zero-order valence-electron chi connectivity index (χ0n) is 16.2. The van der Waals surface area contributed by atoms with Crippen molar-refractivity contribution in [3.8, 4) is 11.4 Å². The molecular formula is C23H20N2O3S. The van der Waals surface area contributed by atoms with E-state index in [0.717, 1.165) is 39.9 Å². The van der Waals surface area contributed by atoms with Gasteiger partial charge in [-0.05, 0) is 66.2 Å². The van der Waals surface area contributed by atoms with E-state index in [9.17, 15) is 9.59 Å². The first-order chi connectivity index (χ1) is 14.0. The minimum atomic E-state index is -0.252. The molecule has 2 heterocycles. The van der Waals surface area contributed by atoms with Crippen molar-refractivity contribution in [2.75, 3.05) is 7.11 Å². The van der Waals surface area contributed by atoms with E-state index in [1.54, 1.807) is 13.2 Å². The fourth-order valence-electron chi connectivity index (χ4n) is 3.08. The lowest BCUT2D eigenvalue weighted by molar-refractivity contribution is -0.123. The summed E-state index contributed by atoms with van der Waals surface area (Å²) in [6, 6.07) is 17.5. The molecule has 5 nitrogen and oxygen atoms in total. The molecule has 0 unspecified atom stereocenters. The number of aryl methyl sites for hydroxylation is 1. The van der Waals surface area contributed by atoms with Gasteiger partial charge in [-0.1, -0.05) is 29.8 Å². The van der Waals surface area contributed by atoms with Crippen LogP contribution < -0.4 is 4.74 Å². The summed E-state index contributed by atoms with van der Waals surface area (Å²) in [6.45, 7) is 2.29. The molecule has 0 N–H and O–H groups in total. The second-order valence-electron chi connectivity index (χ2n) is 6.80. The van der Waals surface area contributed by atoms with Crippen molar-refractivity contribution in [2.24, 2.45) is 0 Å². The maximum absolute atomic E-state index is 12.7. The van der Waals surface area contributed by atoms with Crippen molar-refractivity contribution in [3.63, 3.8) is 0 Å². The number of carbonyl (C=O) groups excluding carboxylic acids is 2. The predicted molar refractivity (Wildman–Crippen MR) is 115 cm³/mol. The Balaban J connectivity index is 1.51. The molecule has 2 amide bonds. The molecule has 1 aliphatic rings. The van der Waals surface area contributed by atoms with Crippen LogP contribution in [0.1, 0.15) is 16.7 Å². The summed E-state index contributed by atoms with van der Waals surface area (Å²) in [5, 5.41) is -0.239. The maximum atomic E-state index is 12.7. The molecule has 0 atom stereocenters. The molecule has 0 radical (unpaired) electrons. The molecule has 0 bridgehead atoms. The fraction of sp³-hybridized carbons (Fsp3) is 0.130. The molecular weight excluding hydrogens is 384 g/mol. The topological polar surface area (TPSA) is 51.5 Å². The first kappa shape index (κ1) is 19.1. The number of hydrogen-bond donors (Lipinski definition) is 0. The minimum absolute atomic E-state index is 0.239. The Morgan fingerprint density at radius 1 is 1.00 bits per heavy atom. The van der Waals surface area contributed by atoms with Gasteiger partial charge in [-0.25, -0.2) is 0 Å². The second-order valence-corrected chi connectivity index (χ2v) is 7.80. The summed E-state index contributed by atoms with van der Waals surface area (Å²) in [7, 11) is 1.63. The Bertz CT molecular complexity index is 1080. The van der Waals surface area contributed by atoms with E-state index in [4.69, 9.17) is 4.74 Å². The van der Waals surface area contributed by atoms with Crippen molar-refractivity contribution in [2.45, 2.75) is 13.5 Å². The average Bonchev–Trinajstić information content (AvgIpc) is 3.30. The number of methoxy groups -OCH3 is 1. The Morgan fingerprint density at radius 3 is 2.41 bits per heavy atom. The summed E-state index contributed by atoms with van der Waals surface area (Å²) in [4.78, 5) is 26.8. The van der Waals surface area contributed by atoms with E-state index >= 15 is 0 Å². The van der Waals surface area contributed by atoms with E-state index in [-0.39, 0.29) is 17.7 Å². The smallest absolute Gasteiger partial charge is 0.293 e. The molecule has 1 fully saturated rings. The number of carbonyl (C=O) groups is 2. The fourth-order valence-corrected chi connectivity index (χ4v) is 3.92. The van der Waals surface area contributed by atoms with Crippen LogP contribution in [0.3, 0.4) is 0 Å². The molecule has 6 heteroatoms. The van der Waals surface area contributed by atoms with Gasteiger partial charge in [0.2, 0.25) is 0 Å². The predicted octanol–water partition coefficient (Wildman–Crippen LogP) is 5.03. The molecule has 29 heavy (non-hydrogen) atoms. The molecule has 0 spiro atoms. The third-order valence-electron chi connectivity index (χ3n) is 4.72. The summed E-state index contributed by atoms with van der Waals surface area (Å²) in [5.74, 6) is 0.543. The molecule has 1 saturated heterocycles. The highest BCUT2D eigenvalue weighted by atomic mass is 32.2. The van der Waals surface area contributed by atoms with Gasteiger partial charge in [0.25, 0.3) is 11.1 Å². The number of benzene rings is 2. The highest BCUT2D eigenvalue weighted by molar-refractivity contribution is 8.18. The summed E-state index contributed by atoms with van der Waals surface area (Å²) < 4.78 is 7.14. The van der Waals surface area contributed by atoms with Crippen molar-refractivity contribution in [1.82, 2.24) is 9.47 Å². The van der Waals surface area contributed by atoms with Crippen molar-refractivity contribution in [3.05, 3.63) is 88.6 Å². The lowest BCUT2D eigenvalue weighted by atomic mass is 10.1.